The summed E-state index contributed by atoms with van der Waals surface area (Å²) < 4.78 is 11.1. The number of hydrazone groups is 1. The van der Waals surface area contributed by atoms with Gasteiger partial charge in [0, 0.05) is 10.9 Å². The van der Waals surface area contributed by atoms with E-state index >= 15 is 0 Å². The molecule has 0 saturated heterocycles. The van der Waals surface area contributed by atoms with Crippen LogP contribution in [0.1, 0.15) is 11.1 Å². The van der Waals surface area contributed by atoms with Gasteiger partial charge in [0.2, 0.25) is 5.13 Å². The lowest BCUT2D eigenvalue weighted by Gasteiger charge is -2.08. The topological polar surface area (TPSA) is 55.7 Å². The normalized spacial score (nSPS) is 10.9. The van der Waals surface area contributed by atoms with Crippen molar-refractivity contribution in [3.63, 3.8) is 0 Å². The van der Waals surface area contributed by atoms with E-state index in [1.165, 1.54) is 11.3 Å². The van der Waals surface area contributed by atoms with Gasteiger partial charge in [-0.15, -0.1) is 11.3 Å². The predicted octanol–water partition coefficient (Wildman–Crippen LogP) is 6.50. The van der Waals surface area contributed by atoms with Gasteiger partial charge in [-0.1, -0.05) is 54.1 Å². The fourth-order valence-electron chi connectivity index (χ4n) is 2.85. The molecule has 0 aliphatic carbocycles. The molecule has 0 saturated carbocycles. The molecule has 0 unspecified atom stereocenters. The number of nitrogens with zero attached hydrogens (tertiary/aromatic N) is 2. The number of anilines is 1. The van der Waals surface area contributed by atoms with E-state index in [4.69, 9.17) is 21.1 Å². The Morgan fingerprint density at radius 1 is 1.06 bits per heavy atom. The molecule has 3 aromatic carbocycles. The zero-order chi connectivity index (χ0) is 21.5. The summed E-state index contributed by atoms with van der Waals surface area (Å²) in [6.45, 7) is 0.467. The quantitative estimate of drug-likeness (QED) is 0.246. The number of halogens is 1. The van der Waals surface area contributed by atoms with Crippen LogP contribution in [-0.2, 0) is 6.61 Å². The molecule has 0 aliphatic heterocycles. The van der Waals surface area contributed by atoms with Crippen LogP contribution in [0.2, 0.25) is 5.02 Å². The van der Waals surface area contributed by atoms with Gasteiger partial charge in [-0.3, -0.25) is 5.43 Å². The van der Waals surface area contributed by atoms with E-state index in [2.05, 4.69) is 15.5 Å². The average molecular weight is 450 g/mol. The minimum Gasteiger partial charge on any atom is -0.497 e. The Bertz CT molecular complexity index is 1180. The molecule has 0 aliphatic rings. The highest BCUT2D eigenvalue weighted by atomic mass is 35.5. The molecule has 0 amide bonds. The molecule has 156 valence electrons. The minimum absolute atomic E-state index is 0.467. The summed E-state index contributed by atoms with van der Waals surface area (Å²) in [6.07, 6.45) is 1.69. The van der Waals surface area contributed by atoms with Gasteiger partial charge in [0.05, 0.1) is 24.0 Å². The van der Waals surface area contributed by atoms with Crippen molar-refractivity contribution < 1.29 is 9.47 Å². The third-order valence-electron chi connectivity index (χ3n) is 4.44. The van der Waals surface area contributed by atoms with E-state index in [1.54, 1.807) is 13.3 Å². The highest BCUT2D eigenvalue weighted by molar-refractivity contribution is 7.14. The van der Waals surface area contributed by atoms with Gasteiger partial charge in [-0.25, -0.2) is 4.98 Å². The molecule has 1 N–H and O–H groups in total. The number of hydrogen-bond acceptors (Lipinski definition) is 6. The molecule has 4 rings (SSSR count). The Hall–Kier alpha value is -3.35. The van der Waals surface area contributed by atoms with Gasteiger partial charge in [-0.2, -0.15) is 5.10 Å². The van der Waals surface area contributed by atoms with Crippen LogP contribution in [0.15, 0.2) is 83.3 Å². The van der Waals surface area contributed by atoms with Gasteiger partial charge >= 0.3 is 0 Å². The van der Waals surface area contributed by atoms with Gasteiger partial charge in [0.25, 0.3) is 0 Å². The number of benzene rings is 3. The Balaban J connectivity index is 1.36. The van der Waals surface area contributed by atoms with Gasteiger partial charge in [-0.05, 0) is 41.5 Å². The average Bonchev–Trinajstić information content (AvgIpc) is 3.28. The molecule has 0 radical (unpaired) electrons. The van der Waals surface area contributed by atoms with E-state index in [-0.39, 0.29) is 0 Å². The number of rotatable bonds is 8. The van der Waals surface area contributed by atoms with Crippen LogP contribution in [0.4, 0.5) is 5.13 Å². The Morgan fingerprint density at radius 2 is 1.94 bits per heavy atom. The highest BCUT2D eigenvalue weighted by Crippen LogP contribution is 2.28. The predicted molar refractivity (Wildman–Crippen MR) is 128 cm³/mol. The summed E-state index contributed by atoms with van der Waals surface area (Å²) in [5, 5.41) is 7.47. The SMILES string of the molecule is COc1cccc(-c2csc(N/N=C\c3ccc(OCc4ccccc4)c(Cl)c3)n2)c1. The van der Waals surface area contributed by atoms with Gasteiger partial charge in [0.15, 0.2) is 0 Å². The van der Waals surface area contributed by atoms with Crippen molar-refractivity contribution in [3.05, 3.63) is 94.3 Å². The number of thiazole rings is 1. The number of ether oxygens (including phenoxy) is 2. The van der Waals surface area contributed by atoms with E-state index in [9.17, 15) is 0 Å². The molecule has 31 heavy (non-hydrogen) atoms. The minimum atomic E-state index is 0.467. The van der Waals surface area contributed by atoms with Crippen LogP contribution < -0.4 is 14.9 Å². The van der Waals surface area contributed by atoms with Crippen molar-refractivity contribution in [3.8, 4) is 22.8 Å². The van der Waals surface area contributed by atoms with Crippen LogP contribution in [0.5, 0.6) is 11.5 Å². The first-order valence-corrected chi connectivity index (χ1v) is 10.8. The van der Waals surface area contributed by atoms with Crippen LogP contribution >= 0.6 is 22.9 Å². The Labute approximate surface area is 190 Å². The third-order valence-corrected chi connectivity index (χ3v) is 5.48. The summed E-state index contributed by atoms with van der Waals surface area (Å²) in [4.78, 5) is 4.56. The van der Waals surface area contributed by atoms with Crippen molar-refractivity contribution in [2.75, 3.05) is 12.5 Å². The molecular weight excluding hydrogens is 430 g/mol. The number of hydrogen-bond donors (Lipinski definition) is 1. The molecule has 0 atom stereocenters. The smallest absolute Gasteiger partial charge is 0.203 e. The molecular formula is C24H20ClN3O2S. The molecule has 7 heteroatoms. The fraction of sp³-hybridized carbons (Fsp3) is 0.0833. The maximum atomic E-state index is 6.36. The monoisotopic (exact) mass is 449 g/mol. The summed E-state index contributed by atoms with van der Waals surface area (Å²) in [7, 11) is 1.65. The molecule has 1 heterocycles. The van der Waals surface area contributed by atoms with Crippen LogP contribution in [0.3, 0.4) is 0 Å². The molecule has 0 fully saturated rings. The van der Waals surface area contributed by atoms with Crippen molar-refractivity contribution in [1.29, 1.82) is 0 Å². The lowest BCUT2D eigenvalue weighted by Crippen LogP contribution is -1.96. The third kappa shape index (κ3) is 5.63. The second kappa shape index (κ2) is 10.1. The summed E-state index contributed by atoms with van der Waals surface area (Å²) >= 11 is 7.84. The molecule has 4 aromatic rings. The summed E-state index contributed by atoms with van der Waals surface area (Å²) in [6, 6.07) is 23.3. The maximum Gasteiger partial charge on any atom is 0.203 e. The fourth-order valence-corrected chi connectivity index (χ4v) is 3.76. The van der Waals surface area contributed by atoms with Crippen molar-refractivity contribution in [2.24, 2.45) is 5.10 Å². The van der Waals surface area contributed by atoms with Crippen molar-refractivity contribution in [2.45, 2.75) is 6.61 Å². The number of aromatic nitrogens is 1. The van der Waals surface area contributed by atoms with E-state index in [0.29, 0.717) is 22.5 Å². The highest BCUT2D eigenvalue weighted by Gasteiger charge is 2.06. The number of methoxy groups -OCH3 is 1. The zero-order valence-corrected chi connectivity index (χ0v) is 18.4. The summed E-state index contributed by atoms with van der Waals surface area (Å²) in [5.41, 5.74) is 6.76. The van der Waals surface area contributed by atoms with Crippen molar-refractivity contribution >= 4 is 34.3 Å². The molecule has 1 aromatic heterocycles. The van der Waals surface area contributed by atoms with E-state index in [0.717, 1.165) is 28.1 Å². The maximum absolute atomic E-state index is 6.36. The first kappa shape index (κ1) is 20.9. The summed E-state index contributed by atoms with van der Waals surface area (Å²) in [5.74, 6) is 1.43. The van der Waals surface area contributed by atoms with Crippen LogP contribution in [0, 0.1) is 0 Å². The second-order valence-electron chi connectivity index (χ2n) is 6.60. The lowest BCUT2D eigenvalue weighted by molar-refractivity contribution is 0.306. The number of nitrogens with one attached hydrogen (secondary N) is 1. The lowest BCUT2D eigenvalue weighted by atomic mass is 10.2. The molecule has 0 bridgehead atoms. The van der Waals surface area contributed by atoms with E-state index in [1.807, 2.05) is 78.2 Å². The van der Waals surface area contributed by atoms with E-state index < -0.39 is 0 Å². The first-order valence-electron chi connectivity index (χ1n) is 9.56. The molecule has 5 nitrogen and oxygen atoms in total. The second-order valence-corrected chi connectivity index (χ2v) is 7.87. The Kier molecular flexibility index (Phi) is 6.82. The van der Waals surface area contributed by atoms with Gasteiger partial charge in [0.1, 0.15) is 18.1 Å². The molecule has 0 spiro atoms. The zero-order valence-electron chi connectivity index (χ0n) is 16.8. The Morgan fingerprint density at radius 3 is 2.74 bits per heavy atom. The van der Waals surface area contributed by atoms with Crippen LogP contribution in [0.25, 0.3) is 11.3 Å². The van der Waals surface area contributed by atoms with Gasteiger partial charge < -0.3 is 9.47 Å². The van der Waals surface area contributed by atoms with Crippen molar-refractivity contribution in [1.82, 2.24) is 4.98 Å². The first-order chi connectivity index (χ1) is 15.2. The van der Waals surface area contributed by atoms with Crippen LogP contribution in [-0.4, -0.2) is 18.3 Å². The standard InChI is InChI=1S/C24H20ClN3O2S/c1-29-20-9-5-8-19(13-20)22-16-31-24(27-22)28-26-14-18-10-11-23(21(25)12-18)30-15-17-6-3-2-4-7-17/h2-14,16H,15H2,1H3,(H,27,28)/b26-14-. The largest absolute Gasteiger partial charge is 0.497 e.